The lowest BCUT2D eigenvalue weighted by atomic mass is 9.76. The van der Waals surface area contributed by atoms with Crippen LogP contribution in [0.2, 0.25) is 0 Å². The molecule has 0 aliphatic heterocycles. The number of hydrogen-bond donors (Lipinski definition) is 1. The van der Waals surface area contributed by atoms with Gasteiger partial charge in [0.2, 0.25) is 0 Å². The molecule has 1 saturated carbocycles. The average Bonchev–Trinajstić information content (AvgIpc) is 2.65. The number of aromatic nitrogens is 2. The van der Waals surface area contributed by atoms with Crippen LogP contribution in [0.4, 0.5) is 13.2 Å². The van der Waals surface area contributed by atoms with E-state index in [4.69, 9.17) is 0 Å². The van der Waals surface area contributed by atoms with E-state index in [0.717, 1.165) is 0 Å². The molecule has 0 bridgehead atoms. The monoisotopic (exact) mass is 248 g/mol. The average molecular weight is 248 g/mol. The molecule has 0 radical (unpaired) electrons. The van der Waals surface area contributed by atoms with Crippen LogP contribution in [0.3, 0.4) is 0 Å². The standard InChI is InChI=1S/C11H15F3N2O/c1-16-7-9(6-15-16)10(17)4-2-8(3-5-10)11(12,13)14/h6-8,17H,2-5H2,1H3. The Hall–Kier alpha value is -1.04. The van der Waals surface area contributed by atoms with E-state index < -0.39 is 17.7 Å². The maximum Gasteiger partial charge on any atom is 0.391 e. The van der Waals surface area contributed by atoms with E-state index in [1.807, 2.05) is 0 Å². The molecule has 0 atom stereocenters. The van der Waals surface area contributed by atoms with Crippen LogP contribution >= 0.6 is 0 Å². The van der Waals surface area contributed by atoms with Crippen molar-refractivity contribution < 1.29 is 18.3 Å². The number of aliphatic hydroxyl groups is 1. The molecule has 1 N–H and O–H groups in total. The summed E-state index contributed by atoms with van der Waals surface area (Å²) in [4.78, 5) is 0. The highest BCUT2D eigenvalue weighted by Gasteiger charge is 2.46. The van der Waals surface area contributed by atoms with Crippen molar-refractivity contribution in [3.63, 3.8) is 0 Å². The van der Waals surface area contributed by atoms with Gasteiger partial charge in [0.25, 0.3) is 0 Å². The van der Waals surface area contributed by atoms with Gasteiger partial charge in [0.05, 0.1) is 17.7 Å². The molecule has 6 heteroatoms. The maximum atomic E-state index is 12.5. The van der Waals surface area contributed by atoms with Crippen molar-refractivity contribution in [3.8, 4) is 0 Å². The zero-order valence-corrected chi connectivity index (χ0v) is 9.54. The van der Waals surface area contributed by atoms with Crippen molar-refractivity contribution in [1.29, 1.82) is 0 Å². The minimum absolute atomic E-state index is 0.0190. The van der Waals surface area contributed by atoms with Crippen LogP contribution in [0, 0.1) is 5.92 Å². The van der Waals surface area contributed by atoms with E-state index in [9.17, 15) is 18.3 Å². The zero-order valence-electron chi connectivity index (χ0n) is 9.54. The summed E-state index contributed by atoms with van der Waals surface area (Å²) in [7, 11) is 1.72. The predicted molar refractivity (Wildman–Crippen MR) is 55.1 cm³/mol. The summed E-state index contributed by atoms with van der Waals surface area (Å²) >= 11 is 0. The molecule has 0 aromatic carbocycles. The molecule has 1 fully saturated rings. The third kappa shape index (κ3) is 2.46. The Bertz CT molecular complexity index is 392. The molecule has 0 amide bonds. The maximum absolute atomic E-state index is 12.5. The second kappa shape index (κ2) is 4.01. The predicted octanol–water partition coefficient (Wildman–Crippen LogP) is 2.36. The fourth-order valence-electron chi connectivity index (χ4n) is 2.37. The topological polar surface area (TPSA) is 38.0 Å². The highest BCUT2D eigenvalue weighted by Crippen LogP contribution is 2.44. The Morgan fingerprint density at radius 2 is 2.00 bits per heavy atom. The van der Waals surface area contributed by atoms with E-state index in [0.29, 0.717) is 5.56 Å². The van der Waals surface area contributed by atoms with Crippen LogP contribution in [0.25, 0.3) is 0 Å². The van der Waals surface area contributed by atoms with Crippen LogP contribution in [0.5, 0.6) is 0 Å². The third-order valence-corrected chi connectivity index (χ3v) is 3.52. The summed E-state index contributed by atoms with van der Waals surface area (Å²) in [5.74, 6) is -1.28. The Labute approximate surface area is 97.2 Å². The molecule has 3 nitrogen and oxygen atoms in total. The number of aryl methyl sites for hydroxylation is 1. The molecular formula is C11H15F3N2O. The molecule has 0 saturated heterocycles. The molecule has 1 aliphatic carbocycles. The Balaban J connectivity index is 2.07. The molecule has 1 aromatic rings. The minimum Gasteiger partial charge on any atom is -0.385 e. The summed E-state index contributed by atoms with van der Waals surface area (Å²) in [6.07, 6.45) is -0.715. The number of rotatable bonds is 1. The van der Waals surface area contributed by atoms with Gasteiger partial charge >= 0.3 is 6.18 Å². The number of nitrogens with zero attached hydrogens (tertiary/aromatic N) is 2. The van der Waals surface area contributed by atoms with Crippen molar-refractivity contribution in [1.82, 2.24) is 9.78 Å². The molecule has 96 valence electrons. The first-order valence-electron chi connectivity index (χ1n) is 5.59. The molecule has 0 unspecified atom stereocenters. The first-order valence-corrected chi connectivity index (χ1v) is 5.59. The first kappa shape index (κ1) is 12.4. The zero-order chi connectivity index (χ0) is 12.7. The molecular weight excluding hydrogens is 233 g/mol. The molecule has 17 heavy (non-hydrogen) atoms. The van der Waals surface area contributed by atoms with Gasteiger partial charge < -0.3 is 5.11 Å². The van der Waals surface area contributed by atoms with E-state index in [1.165, 1.54) is 6.20 Å². The van der Waals surface area contributed by atoms with Crippen molar-refractivity contribution in [2.45, 2.75) is 37.5 Å². The Kier molecular flexibility index (Phi) is 2.93. The van der Waals surface area contributed by atoms with Gasteiger partial charge in [-0.2, -0.15) is 18.3 Å². The van der Waals surface area contributed by atoms with Gasteiger partial charge in [-0.15, -0.1) is 0 Å². The Morgan fingerprint density at radius 1 is 1.41 bits per heavy atom. The van der Waals surface area contributed by atoms with E-state index in [2.05, 4.69) is 5.10 Å². The highest BCUT2D eigenvalue weighted by molar-refractivity contribution is 5.16. The second-order valence-electron chi connectivity index (χ2n) is 4.75. The summed E-state index contributed by atoms with van der Waals surface area (Å²) < 4.78 is 39.0. The molecule has 1 aliphatic rings. The van der Waals surface area contributed by atoms with Gasteiger partial charge in [-0.3, -0.25) is 4.68 Å². The molecule has 1 heterocycles. The van der Waals surface area contributed by atoms with E-state index >= 15 is 0 Å². The molecule has 1 aromatic heterocycles. The lowest BCUT2D eigenvalue weighted by Gasteiger charge is -2.36. The van der Waals surface area contributed by atoms with Crippen molar-refractivity contribution in [2.24, 2.45) is 13.0 Å². The molecule has 0 spiro atoms. The van der Waals surface area contributed by atoms with Gasteiger partial charge in [-0.05, 0) is 25.7 Å². The second-order valence-corrected chi connectivity index (χ2v) is 4.75. The number of halogens is 3. The van der Waals surface area contributed by atoms with Gasteiger partial charge in [-0.1, -0.05) is 0 Å². The number of hydrogen-bond acceptors (Lipinski definition) is 2. The van der Waals surface area contributed by atoms with Gasteiger partial charge in [0, 0.05) is 18.8 Å². The van der Waals surface area contributed by atoms with Gasteiger partial charge in [0.1, 0.15) is 0 Å². The third-order valence-electron chi connectivity index (χ3n) is 3.52. The summed E-state index contributed by atoms with van der Waals surface area (Å²) in [6.45, 7) is 0. The quantitative estimate of drug-likeness (QED) is 0.828. The Morgan fingerprint density at radius 3 is 2.41 bits per heavy atom. The minimum atomic E-state index is -4.14. The smallest absolute Gasteiger partial charge is 0.385 e. The summed E-state index contributed by atoms with van der Waals surface area (Å²) in [6, 6.07) is 0. The summed E-state index contributed by atoms with van der Waals surface area (Å²) in [5, 5.41) is 14.3. The van der Waals surface area contributed by atoms with Gasteiger partial charge in [-0.25, -0.2) is 0 Å². The first-order chi connectivity index (χ1) is 7.81. The summed E-state index contributed by atoms with van der Waals surface area (Å²) in [5.41, 5.74) is -0.531. The fourth-order valence-corrected chi connectivity index (χ4v) is 2.37. The van der Waals surface area contributed by atoms with Crippen LogP contribution in [-0.2, 0) is 12.6 Å². The van der Waals surface area contributed by atoms with Crippen molar-refractivity contribution in [2.75, 3.05) is 0 Å². The van der Waals surface area contributed by atoms with Crippen molar-refractivity contribution >= 4 is 0 Å². The largest absolute Gasteiger partial charge is 0.391 e. The molecule has 2 rings (SSSR count). The van der Waals surface area contributed by atoms with Gasteiger partial charge in [0.15, 0.2) is 0 Å². The van der Waals surface area contributed by atoms with Crippen LogP contribution in [-0.4, -0.2) is 21.1 Å². The lowest BCUT2D eigenvalue weighted by Crippen LogP contribution is -2.36. The number of alkyl halides is 3. The van der Waals surface area contributed by atoms with E-state index in [-0.39, 0.29) is 25.7 Å². The highest BCUT2D eigenvalue weighted by atomic mass is 19.4. The lowest BCUT2D eigenvalue weighted by molar-refractivity contribution is -0.193. The normalized spacial score (nSPS) is 30.5. The van der Waals surface area contributed by atoms with Crippen LogP contribution < -0.4 is 0 Å². The fraction of sp³-hybridized carbons (Fsp3) is 0.727. The van der Waals surface area contributed by atoms with E-state index in [1.54, 1.807) is 17.9 Å². The van der Waals surface area contributed by atoms with Crippen molar-refractivity contribution in [3.05, 3.63) is 18.0 Å². The van der Waals surface area contributed by atoms with Crippen LogP contribution in [0.15, 0.2) is 12.4 Å². The SMILES string of the molecule is Cn1cc(C2(O)CCC(C(F)(F)F)CC2)cn1. The van der Waals surface area contributed by atoms with Crippen LogP contribution in [0.1, 0.15) is 31.2 Å².